The van der Waals surface area contributed by atoms with Gasteiger partial charge in [-0.2, -0.15) is 0 Å². The largest absolute Gasteiger partial charge is 0.496 e. The molecule has 0 aliphatic rings. The number of para-hydroxylation sites is 1. The minimum absolute atomic E-state index is 0.104. The maximum atomic E-state index is 5.60. The van der Waals surface area contributed by atoms with Crippen molar-refractivity contribution < 1.29 is 4.74 Å². The summed E-state index contributed by atoms with van der Waals surface area (Å²) in [5, 5.41) is 3.56. The third-order valence-electron chi connectivity index (χ3n) is 4.89. The molecule has 0 amide bonds. The number of nitrogens with zero attached hydrogens (tertiary/aromatic N) is 1. The van der Waals surface area contributed by atoms with Crippen molar-refractivity contribution in [3.05, 3.63) is 29.8 Å². The Balaban J connectivity index is 3.37. The fourth-order valence-corrected chi connectivity index (χ4v) is 3.76. The van der Waals surface area contributed by atoms with Crippen molar-refractivity contribution in [3.63, 3.8) is 0 Å². The molecule has 0 aliphatic heterocycles. The Labute approximate surface area is 130 Å². The lowest BCUT2D eigenvalue weighted by Gasteiger charge is -2.48. The average Bonchev–Trinajstić information content (AvgIpc) is 2.55. The molecule has 0 aliphatic carbocycles. The Morgan fingerprint density at radius 3 is 2.10 bits per heavy atom. The number of benzene rings is 1. The van der Waals surface area contributed by atoms with Crippen LogP contribution in [0.2, 0.25) is 0 Å². The van der Waals surface area contributed by atoms with Crippen LogP contribution in [0.1, 0.15) is 52.1 Å². The van der Waals surface area contributed by atoms with Gasteiger partial charge in [-0.25, -0.2) is 0 Å². The molecule has 1 rings (SSSR count). The van der Waals surface area contributed by atoms with Gasteiger partial charge >= 0.3 is 0 Å². The Morgan fingerprint density at radius 1 is 1.10 bits per heavy atom. The zero-order valence-corrected chi connectivity index (χ0v) is 14.6. The SMILES string of the molecule is CCN(CC)C(CC)(CC)C(NC)c1ccccc1OC. The molecule has 0 bridgehead atoms. The van der Waals surface area contributed by atoms with Crippen LogP contribution in [0, 0.1) is 0 Å². The Hall–Kier alpha value is -1.06. The molecule has 1 N–H and O–H groups in total. The van der Waals surface area contributed by atoms with Crippen LogP contribution in [0.5, 0.6) is 5.75 Å². The molecule has 0 saturated carbocycles. The standard InChI is InChI=1S/C18H32N2O/c1-7-18(8-2,20(9-3)10-4)17(19-5)15-13-11-12-14-16(15)21-6/h11-14,17,19H,7-10H2,1-6H3. The van der Waals surface area contributed by atoms with E-state index in [1.807, 2.05) is 6.07 Å². The van der Waals surface area contributed by atoms with Crippen LogP contribution in [0.4, 0.5) is 0 Å². The van der Waals surface area contributed by atoms with Crippen LogP contribution < -0.4 is 10.1 Å². The van der Waals surface area contributed by atoms with Crippen molar-refractivity contribution in [1.29, 1.82) is 0 Å². The van der Waals surface area contributed by atoms with Crippen molar-refractivity contribution in [1.82, 2.24) is 10.2 Å². The summed E-state index contributed by atoms with van der Waals surface area (Å²) in [5.74, 6) is 0.968. The highest BCUT2D eigenvalue weighted by molar-refractivity contribution is 5.38. The molecular weight excluding hydrogens is 260 g/mol. The second kappa shape index (κ2) is 8.40. The monoisotopic (exact) mass is 292 g/mol. The van der Waals surface area contributed by atoms with Gasteiger partial charge in [-0.1, -0.05) is 45.9 Å². The molecule has 1 aromatic rings. The summed E-state index contributed by atoms with van der Waals surface area (Å²) in [6.07, 6.45) is 2.21. The minimum atomic E-state index is 0.104. The highest BCUT2D eigenvalue weighted by Gasteiger charge is 2.40. The fourth-order valence-electron chi connectivity index (χ4n) is 3.76. The predicted molar refractivity (Wildman–Crippen MR) is 91.0 cm³/mol. The Bertz CT molecular complexity index is 411. The third-order valence-corrected chi connectivity index (χ3v) is 4.89. The summed E-state index contributed by atoms with van der Waals surface area (Å²) in [6, 6.07) is 8.62. The summed E-state index contributed by atoms with van der Waals surface area (Å²) in [6.45, 7) is 11.2. The van der Waals surface area contributed by atoms with E-state index in [9.17, 15) is 0 Å². The smallest absolute Gasteiger partial charge is 0.123 e. The lowest BCUT2D eigenvalue weighted by atomic mass is 9.78. The number of hydrogen-bond donors (Lipinski definition) is 1. The van der Waals surface area contributed by atoms with Crippen molar-refractivity contribution >= 4 is 0 Å². The topological polar surface area (TPSA) is 24.5 Å². The van der Waals surface area contributed by atoms with Crippen LogP contribution in [0.3, 0.4) is 0 Å². The molecule has 0 heterocycles. The fraction of sp³-hybridized carbons (Fsp3) is 0.667. The summed E-state index contributed by atoms with van der Waals surface area (Å²) >= 11 is 0. The van der Waals surface area contributed by atoms with E-state index < -0.39 is 0 Å². The number of likely N-dealkylation sites (N-methyl/N-ethyl adjacent to an activating group) is 2. The van der Waals surface area contributed by atoms with Crippen molar-refractivity contribution in [3.8, 4) is 5.75 Å². The summed E-state index contributed by atoms with van der Waals surface area (Å²) < 4.78 is 5.60. The van der Waals surface area contributed by atoms with E-state index in [2.05, 4.69) is 63.2 Å². The van der Waals surface area contributed by atoms with Gasteiger partial charge in [0, 0.05) is 11.1 Å². The molecule has 1 atom stereocenters. The van der Waals surface area contributed by atoms with E-state index in [0.717, 1.165) is 31.7 Å². The molecule has 0 saturated heterocycles. The molecule has 0 spiro atoms. The number of ether oxygens (including phenoxy) is 1. The molecule has 120 valence electrons. The van der Waals surface area contributed by atoms with E-state index in [1.54, 1.807) is 7.11 Å². The molecule has 1 aromatic carbocycles. The zero-order chi connectivity index (χ0) is 15.9. The number of nitrogens with one attached hydrogen (secondary N) is 1. The van der Waals surface area contributed by atoms with E-state index in [0.29, 0.717) is 0 Å². The lowest BCUT2D eigenvalue weighted by Crippen LogP contribution is -2.55. The zero-order valence-electron chi connectivity index (χ0n) is 14.6. The van der Waals surface area contributed by atoms with E-state index >= 15 is 0 Å². The predicted octanol–water partition coefficient (Wildman–Crippen LogP) is 3.86. The van der Waals surface area contributed by atoms with Gasteiger partial charge in [0.15, 0.2) is 0 Å². The van der Waals surface area contributed by atoms with Gasteiger partial charge < -0.3 is 10.1 Å². The second-order valence-electron chi connectivity index (χ2n) is 5.45. The number of methoxy groups -OCH3 is 1. The van der Waals surface area contributed by atoms with Gasteiger partial charge in [-0.05, 0) is 39.0 Å². The first-order chi connectivity index (χ1) is 10.1. The first-order valence-electron chi connectivity index (χ1n) is 8.20. The van der Waals surface area contributed by atoms with Gasteiger partial charge in [0.05, 0.1) is 13.2 Å². The van der Waals surface area contributed by atoms with Crippen molar-refractivity contribution in [2.45, 2.75) is 52.1 Å². The number of rotatable bonds is 9. The molecule has 21 heavy (non-hydrogen) atoms. The quantitative estimate of drug-likeness (QED) is 0.748. The van der Waals surface area contributed by atoms with E-state index in [4.69, 9.17) is 4.74 Å². The van der Waals surface area contributed by atoms with Crippen LogP contribution in [0.15, 0.2) is 24.3 Å². The van der Waals surface area contributed by atoms with E-state index in [-0.39, 0.29) is 11.6 Å². The molecule has 1 unspecified atom stereocenters. The van der Waals surface area contributed by atoms with Crippen molar-refractivity contribution in [2.75, 3.05) is 27.2 Å². The lowest BCUT2D eigenvalue weighted by molar-refractivity contribution is 0.0506. The second-order valence-corrected chi connectivity index (χ2v) is 5.45. The minimum Gasteiger partial charge on any atom is -0.496 e. The van der Waals surface area contributed by atoms with Crippen LogP contribution in [-0.2, 0) is 0 Å². The van der Waals surface area contributed by atoms with Gasteiger partial charge in [0.25, 0.3) is 0 Å². The van der Waals surface area contributed by atoms with Crippen LogP contribution >= 0.6 is 0 Å². The van der Waals surface area contributed by atoms with Crippen molar-refractivity contribution in [2.24, 2.45) is 0 Å². The maximum absolute atomic E-state index is 5.60. The van der Waals surface area contributed by atoms with E-state index in [1.165, 1.54) is 5.56 Å². The molecular formula is C18H32N2O. The molecule has 0 aromatic heterocycles. The van der Waals surface area contributed by atoms with Gasteiger partial charge in [0.2, 0.25) is 0 Å². The van der Waals surface area contributed by atoms with Gasteiger partial charge in [0.1, 0.15) is 5.75 Å². The Kier molecular flexibility index (Phi) is 7.20. The van der Waals surface area contributed by atoms with Gasteiger partial charge in [-0.15, -0.1) is 0 Å². The molecule has 0 radical (unpaired) electrons. The van der Waals surface area contributed by atoms with Crippen LogP contribution in [0.25, 0.3) is 0 Å². The normalized spacial score (nSPS) is 13.5. The van der Waals surface area contributed by atoms with Crippen LogP contribution in [-0.4, -0.2) is 37.7 Å². The summed E-state index contributed by atoms with van der Waals surface area (Å²) in [4.78, 5) is 2.58. The molecule has 0 fully saturated rings. The first kappa shape index (κ1) is 18.0. The summed E-state index contributed by atoms with van der Waals surface area (Å²) in [7, 11) is 3.81. The summed E-state index contributed by atoms with van der Waals surface area (Å²) in [5.41, 5.74) is 1.35. The Morgan fingerprint density at radius 2 is 1.67 bits per heavy atom. The highest BCUT2D eigenvalue weighted by Crippen LogP contribution is 2.40. The average molecular weight is 292 g/mol. The first-order valence-corrected chi connectivity index (χ1v) is 8.20. The maximum Gasteiger partial charge on any atom is 0.123 e. The molecule has 3 heteroatoms. The molecule has 3 nitrogen and oxygen atoms in total. The highest BCUT2D eigenvalue weighted by atomic mass is 16.5. The van der Waals surface area contributed by atoms with Gasteiger partial charge in [-0.3, -0.25) is 4.90 Å². The number of hydrogen-bond acceptors (Lipinski definition) is 3. The third kappa shape index (κ3) is 3.41.